The summed E-state index contributed by atoms with van der Waals surface area (Å²) in [6.07, 6.45) is 1.16. The van der Waals surface area contributed by atoms with E-state index in [9.17, 15) is 8.42 Å². The van der Waals surface area contributed by atoms with Crippen molar-refractivity contribution >= 4 is 21.2 Å². The minimum absolute atomic E-state index is 0.218. The predicted molar refractivity (Wildman–Crippen MR) is 84.3 cm³/mol. The van der Waals surface area contributed by atoms with E-state index >= 15 is 0 Å². The molecule has 2 rings (SSSR count). The molecular formula is C15H18N2O3S. The van der Waals surface area contributed by atoms with Gasteiger partial charge in [0.2, 0.25) is 0 Å². The molecule has 0 saturated carbocycles. The Hall–Kier alpha value is -2.21. The van der Waals surface area contributed by atoms with Crippen molar-refractivity contribution in [1.29, 1.82) is 0 Å². The smallest absolute Gasteiger partial charge is 0.175 e. The second-order valence-electron chi connectivity index (χ2n) is 4.72. The maximum atomic E-state index is 11.4. The molecule has 0 fully saturated rings. The first-order valence-corrected chi connectivity index (χ1v) is 8.25. The van der Waals surface area contributed by atoms with E-state index in [1.807, 2.05) is 24.3 Å². The van der Waals surface area contributed by atoms with Gasteiger partial charge in [0.25, 0.3) is 0 Å². The van der Waals surface area contributed by atoms with E-state index < -0.39 is 9.84 Å². The zero-order chi connectivity index (χ0) is 15.5. The number of anilines is 2. The molecule has 0 aliphatic rings. The van der Waals surface area contributed by atoms with Crippen LogP contribution in [-0.2, 0) is 16.4 Å². The Kier molecular flexibility index (Phi) is 4.37. The molecule has 6 heteroatoms. The molecule has 21 heavy (non-hydrogen) atoms. The lowest BCUT2D eigenvalue weighted by Crippen LogP contribution is -2.04. The highest BCUT2D eigenvalue weighted by molar-refractivity contribution is 7.90. The average molecular weight is 306 g/mol. The molecule has 0 bridgehead atoms. The van der Waals surface area contributed by atoms with E-state index in [0.717, 1.165) is 17.6 Å². The molecule has 0 aliphatic carbocycles. The molecule has 0 radical (unpaired) electrons. The van der Waals surface area contributed by atoms with Crippen molar-refractivity contribution in [2.24, 2.45) is 0 Å². The molecule has 0 heterocycles. The Labute approximate surface area is 124 Å². The van der Waals surface area contributed by atoms with Crippen LogP contribution in [0.15, 0.2) is 47.4 Å². The Balaban J connectivity index is 2.09. The van der Waals surface area contributed by atoms with Gasteiger partial charge in [-0.05, 0) is 35.9 Å². The molecule has 3 N–H and O–H groups in total. The Bertz CT molecular complexity index is 725. The van der Waals surface area contributed by atoms with E-state index in [1.165, 1.54) is 6.07 Å². The summed E-state index contributed by atoms with van der Waals surface area (Å²) < 4.78 is 28.0. The molecule has 2 aromatic rings. The number of benzene rings is 2. The Morgan fingerprint density at radius 2 is 1.81 bits per heavy atom. The Morgan fingerprint density at radius 1 is 1.14 bits per heavy atom. The molecule has 5 nitrogen and oxygen atoms in total. The van der Waals surface area contributed by atoms with Gasteiger partial charge in [0.15, 0.2) is 9.84 Å². The van der Waals surface area contributed by atoms with Crippen molar-refractivity contribution in [3.8, 4) is 5.75 Å². The zero-order valence-corrected chi connectivity index (χ0v) is 12.8. The first-order chi connectivity index (χ1) is 9.90. The van der Waals surface area contributed by atoms with Gasteiger partial charge < -0.3 is 15.8 Å². The van der Waals surface area contributed by atoms with Crippen molar-refractivity contribution in [1.82, 2.24) is 0 Å². The number of rotatable bonds is 5. The third-order valence-corrected chi connectivity index (χ3v) is 4.20. The van der Waals surface area contributed by atoms with Crippen LogP contribution in [0, 0.1) is 0 Å². The normalized spacial score (nSPS) is 11.1. The molecule has 0 saturated heterocycles. The first kappa shape index (κ1) is 15.2. The monoisotopic (exact) mass is 306 g/mol. The molecule has 0 aromatic heterocycles. The molecule has 0 aliphatic heterocycles. The van der Waals surface area contributed by atoms with Gasteiger partial charge in [-0.15, -0.1) is 0 Å². The van der Waals surface area contributed by atoms with Gasteiger partial charge in [0, 0.05) is 12.8 Å². The van der Waals surface area contributed by atoms with Crippen molar-refractivity contribution in [2.45, 2.75) is 11.4 Å². The van der Waals surface area contributed by atoms with Crippen molar-refractivity contribution in [2.75, 3.05) is 24.4 Å². The van der Waals surface area contributed by atoms with E-state index in [4.69, 9.17) is 10.5 Å². The van der Waals surface area contributed by atoms with Crippen molar-refractivity contribution in [3.63, 3.8) is 0 Å². The number of methoxy groups -OCH3 is 1. The first-order valence-electron chi connectivity index (χ1n) is 6.36. The minimum atomic E-state index is -3.24. The van der Waals surface area contributed by atoms with Crippen molar-refractivity contribution in [3.05, 3.63) is 48.0 Å². The summed E-state index contributed by atoms with van der Waals surface area (Å²) in [4.78, 5) is 0.218. The number of nitrogens with one attached hydrogen (secondary N) is 1. The molecule has 0 amide bonds. The lowest BCUT2D eigenvalue weighted by atomic mass is 10.2. The number of ether oxygens (including phenoxy) is 1. The van der Waals surface area contributed by atoms with Gasteiger partial charge in [-0.25, -0.2) is 8.42 Å². The van der Waals surface area contributed by atoms with Crippen LogP contribution in [0.2, 0.25) is 0 Å². The summed E-state index contributed by atoms with van der Waals surface area (Å²) in [5.74, 6) is 0.802. The number of hydrogen-bond acceptors (Lipinski definition) is 5. The van der Waals surface area contributed by atoms with Gasteiger partial charge in [-0.1, -0.05) is 12.1 Å². The highest BCUT2D eigenvalue weighted by atomic mass is 32.2. The lowest BCUT2D eigenvalue weighted by Gasteiger charge is -2.11. The molecule has 0 atom stereocenters. The minimum Gasteiger partial charge on any atom is -0.497 e. The third kappa shape index (κ3) is 3.88. The van der Waals surface area contributed by atoms with E-state index in [0.29, 0.717) is 17.9 Å². The fourth-order valence-electron chi connectivity index (χ4n) is 1.87. The lowest BCUT2D eigenvalue weighted by molar-refractivity contribution is 0.414. The Morgan fingerprint density at radius 3 is 2.33 bits per heavy atom. The molecule has 112 valence electrons. The predicted octanol–water partition coefficient (Wildman–Crippen LogP) is 2.29. The van der Waals surface area contributed by atoms with Gasteiger partial charge in [0.05, 0.1) is 23.4 Å². The van der Waals surface area contributed by atoms with Crippen LogP contribution in [0.4, 0.5) is 11.4 Å². The summed E-state index contributed by atoms with van der Waals surface area (Å²) in [6.45, 7) is 0.590. The molecule has 0 unspecified atom stereocenters. The van der Waals surface area contributed by atoms with Crippen LogP contribution in [0.1, 0.15) is 5.56 Å². The summed E-state index contributed by atoms with van der Waals surface area (Å²) >= 11 is 0. The molecule has 0 spiro atoms. The number of hydrogen-bond donors (Lipinski definition) is 2. The standard InChI is InChI=1S/C15H18N2O3S/c1-20-12-5-3-11(4-6-12)10-17-15-8-7-13(9-14(15)16)21(2,18)19/h3-9,17H,10,16H2,1-2H3. The van der Waals surface area contributed by atoms with Gasteiger partial charge in [0.1, 0.15) is 5.75 Å². The molecular weight excluding hydrogens is 288 g/mol. The number of sulfone groups is 1. The van der Waals surface area contributed by atoms with Gasteiger partial charge in [-0.3, -0.25) is 0 Å². The maximum absolute atomic E-state index is 11.4. The fraction of sp³-hybridized carbons (Fsp3) is 0.200. The summed E-state index contributed by atoms with van der Waals surface area (Å²) in [5, 5.41) is 3.18. The summed E-state index contributed by atoms with van der Waals surface area (Å²) in [7, 11) is -1.62. The van der Waals surface area contributed by atoms with E-state index in [2.05, 4.69) is 5.32 Å². The summed E-state index contributed by atoms with van der Waals surface area (Å²) in [5.41, 5.74) is 8.07. The highest BCUT2D eigenvalue weighted by Crippen LogP contribution is 2.23. The fourth-order valence-corrected chi connectivity index (χ4v) is 2.53. The number of nitrogens with two attached hydrogens (primary N) is 1. The highest BCUT2D eigenvalue weighted by Gasteiger charge is 2.09. The van der Waals surface area contributed by atoms with E-state index in [-0.39, 0.29) is 4.90 Å². The molecule has 2 aromatic carbocycles. The maximum Gasteiger partial charge on any atom is 0.175 e. The zero-order valence-electron chi connectivity index (χ0n) is 12.0. The van der Waals surface area contributed by atoms with Crippen LogP contribution >= 0.6 is 0 Å². The number of nitrogen functional groups attached to an aromatic ring is 1. The van der Waals surface area contributed by atoms with Crippen LogP contribution in [-0.4, -0.2) is 21.8 Å². The van der Waals surface area contributed by atoms with Gasteiger partial charge >= 0.3 is 0 Å². The van der Waals surface area contributed by atoms with Crippen LogP contribution in [0.3, 0.4) is 0 Å². The third-order valence-electron chi connectivity index (χ3n) is 3.09. The second kappa shape index (κ2) is 6.05. The second-order valence-corrected chi connectivity index (χ2v) is 6.74. The van der Waals surface area contributed by atoms with Crippen LogP contribution in [0.5, 0.6) is 5.75 Å². The largest absolute Gasteiger partial charge is 0.497 e. The van der Waals surface area contributed by atoms with Gasteiger partial charge in [-0.2, -0.15) is 0 Å². The van der Waals surface area contributed by atoms with Crippen LogP contribution < -0.4 is 15.8 Å². The van der Waals surface area contributed by atoms with Crippen molar-refractivity contribution < 1.29 is 13.2 Å². The van der Waals surface area contributed by atoms with Crippen LogP contribution in [0.25, 0.3) is 0 Å². The SMILES string of the molecule is COc1ccc(CNc2ccc(S(C)(=O)=O)cc2N)cc1. The summed E-state index contributed by atoms with van der Waals surface area (Å²) in [6, 6.07) is 12.4. The van der Waals surface area contributed by atoms with E-state index in [1.54, 1.807) is 19.2 Å². The average Bonchev–Trinajstić information content (AvgIpc) is 2.45. The quantitative estimate of drug-likeness (QED) is 0.828. The topological polar surface area (TPSA) is 81.4 Å².